The van der Waals surface area contributed by atoms with Crippen LogP contribution in [0.3, 0.4) is 0 Å². The largest absolute Gasteiger partial charge is 0.487 e. The monoisotopic (exact) mass is 337 g/mol. The van der Waals surface area contributed by atoms with Gasteiger partial charge in [-0.2, -0.15) is 0 Å². The van der Waals surface area contributed by atoms with Crippen LogP contribution in [0, 0.1) is 6.92 Å². The van der Waals surface area contributed by atoms with E-state index in [9.17, 15) is 9.59 Å². The minimum absolute atomic E-state index is 0. The van der Waals surface area contributed by atoms with Crippen LogP contribution in [0.25, 0.3) is 10.9 Å². The van der Waals surface area contributed by atoms with Crippen molar-refractivity contribution in [3.05, 3.63) is 39.7 Å². The third-order valence-electron chi connectivity index (χ3n) is 3.89. The highest BCUT2D eigenvalue weighted by Crippen LogP contribution is 2.36. The summed E-state index contributed by atoms with van der Waals surface area (Å²) in [5, 5.41) is 3.68. The molecule has 1 aromatic carbocycles. The zero-order valence-corrected chi connectivity index (χ0v) is 13.8. The average molecular weight is 338 g/mol. The normalized spacial score (nSPS) is 17.1. The Labute approximate surface area is 139 Å². The van der Waals surface area contributed by atoms with Crippen LogP contribution < -0.4 is 21.3 Å². The first-order valence-electron chi connectivity index (χ1n) is 7.31. The SMILES string of the molecule is Cc1cc2c(c3ccc(=O)[nH]c13)OC(CNC(=O)[C@@H](C)N)C2.Cl. The Balaban J connectivity index is 0.00000192. The predicted molar refractivity (Wildman–Crippen MR) is 91.3 cm³/mol. The maximum atomic E-state index is 11.5. The molecule has 2 heterocycles. The zero-order valence-electron chi connectivity index (χ0n) is 13.0. The van der Waals surface area contributed by atoms with Crippen LogP contribution in [-0.4, -0.2) is 29.6 Å². The molecule has 0 saturated heterocycles. The van der Waals surface area contributed by atoms with Crippen molar-refractivity contribution in [2.24, 2.45) is 5.73 Å². The lowest BCUT2D eigenvalue weighted by Gasteiger charge is -2.13. The number of nitrogens with two attached hydrogens (primary N) is 1. The molecule has 23 heavy (non-hydrogen) atoms. The number of carbonyl (C=O) groups excluding carboxylic acids is 1. The molecule has 0 radical (unpaired) electrons. The fourth-order valence-corrected chi connectivity index (χ4v) is 2.78. The van der Waals surface area contributed by atoms with Gasteiger partial charge >= 0.3 is 0 Å². The molecule has 7 heteroatoms. The van der Waals surface area contributed by atoms with Crippen LogP contribution in [0.5, 0.6) is 5.75 Å². The molecule has 124 valence electrons. The number of rotatable bonds is 3. The first kappa shape index (κ1) is 17.3. The number of hydrogen-bond acceptors (Lipinski definition) is 4. The van der Waals surface area contributed by atoms with Gasteiger partial charge in [0.15, 0.2) is 0 Å². The molecular formula is C16H20ClN3O3. The zero-order chi connectivity index (χ0) is 15.9. The number of benzene rings is 1. The van der Waals surface area contributed by atoms with Gasteiger partial charge in [-0.05, 0) is 31.0 Å². The molecule has 2 aromatic rings. The van der Waals surface area contributed by atoms with Crippen molar-refractivity contribution in [1.29, 1.82) is 0 Å². The molecular weight excluding hydrogens is 318 g/mol. The average Bonchev–Trinajstić information content (AvgIpc) is 2.87. The third-order valence-corrected chi connectivity index (χ3v) is 3.89. The van der Waals surface area contributed by atoms with Gasteiger partial charge in [-0.25, -0.2) is 0 Å². The smallest absolute Gasteiger partial charge is 0.248 e. The van der Waals surface area contributed by atoms with Gasteiger partial charge in [0.05, 0.1) is 18.1 Å². The highest BCUT2D eigenvalue weighted by molar-refractivity contribution is 5.89. The molecule has 1 amide bonds. The summed E-state index contributed by atoms with van der Waals surface area (Å²) in [7, 11) is 0. The molecule has 1 aliphatic rings. The first-order chi connectivity index (χ1) is 10.5. The van der Waals surface area contributed by atoms with Crippen LogP contribution in [0.4, 0.5) is 0 Å². The van der Waals surface area contributed by atoms with Gasteiger partial charge in [0.25, 0.3) is 0 Å². The van der Waals surface area contributed by atoms with E-state index in [1.807, 2.05) is 13.0 Å². The van der Waals surface area contributed by atoms with Crippen molar-refractivity contribution < 1.29 is 9.53 Å². The summed E-state index contributed by atoms with van der Waals surface area (Å²) in [5.74, 6) is 0.599. The number of H-pyrrole nitrogens is 1. The second kappa shape index (κ2) is 6.60. The predicted octanol–water partition coefficient (Wildman–Crippen LogP) is 1.03. The van der Waals surface area contributed by atoms with E-state index in [1.54, 1.807) is 13.0 Å². The highest BCUT2D eigenvalue weighted by Gasteiger charge is 2.26. The number of hydrogen-bond donors (Lipinski definition) is 3. The van der Waals surface area contributed by atoms with Gasteiger partial charge in [-0.1, -0.05) is 6.07 Å². The molecule has 1 aliphatic heterocycles. The number of carbonyl (C=O) groups is 1. The Bertz CT molecular complexity index is 801. The van der Waals surface area contributed by atoms with Crippen molar-refractivity contribution in [2.75, 3.05) is 6.54 Å². The summed E-state index contributed by atoms with van der Waals surface area (Å²) in [4.78, 5) is 25.9. The van der Waals surface area contributed by atoms with Crippen molar-refractivity contribution in [3.63, 3.8) is 0 Å². The fraction of sp³-hybridized carbons (Fsp3) is 0.375. The quantitative estimate of drug-likeness (QED) is 0.779. The Morgan fingerprint density at radius 2 is 2.26 bits per heavy atom. The number of aryl methyl sites for hydroxylation is 1. The summed E-state index contributed by atoms with van der Waals surface area (Å²) in [6.07, 6.45) is 0.611. The number of nitrogens with one attached hydrogen (secondary N) is 2. The van der Waals surface area contributed by atoms with E-state index in [0.717, 1.165) is 34.2 Å². The Morgan fingerprint density at radius 3 is 2.96 bits per heavy atom. The number of pyridine rings is 1. The molecule has 4 N–H and O–H groups in total. The lowest BCUT2D eigenvalue weighted by atomic mass is 10.0. The Hall–Kier alpha value is -2.05. The molecule has 6 nitrogen and oxygen atoms in total. The summed E-state index contributed by atoms with van der Waals surface area (Å²) >= 11 is 0. The van der Waals surface area contributed by atoms with Gasteiger partial charge < -0.3 is 20.8 Å². The number of fused-ring (bicyclic) bond motifs is 3. The summed E-state index contributed by atoms with van der Waals surface area (Å²) in [6, 6.07) is 4.78. The van der Waals surface area contributed by atoms with Crippen LogP contribution >= 0.6 is 12.4 Å². The standard InChI is InChI=1S/C16H19N3O3.ClH/c1-8-5-10-6-11(7-18-16(21)9(2)17)22-15(10)12-3-4-13(20)19-14(8)12;/h3-5,9,11H,6-7,17H2,1-2H3,(H,18,21)(H,19,20);1H/t9-,11?;/m1./s1. The summed E-state index contributed by atoms with van der Waals surface area (Å²) < 4.78 is 5.97. The van der Waals surface area contributed by atoms with Crippen molar-refractivity contribution in [1.82, 2.24) is 10.3 Å². The van der Waals surface area contributed by atoms with Crippen LogP contribution in [-0.2, 0) is 11.2 Å². The summed E-state index contributed by atoms with van der Waals surface area (Å²) in [5.41, 5.74) is 8.30. The maximum absolute atomic E-state index is 11.5. The number of amides is 1. The second-order valence-electron chi connectivity index (χ2n) is 5.77. The first-order valence-corrected chi connectivity index (χ1v) is 7.31. The Kier molecular flexibility index (Phi) is 4.97. The van der Waals surface area contributed by atoms with E-state index < -0.39 is 6.04 Å². The van der Waals surface area contributed by atoms with Crippen molar-refractivity contribution in [2.45, 2.75) is 32.4 Å². The van der Waals surface area contributed by atoms with Gasteiger partial charge in [0, 0.05) is 17.9 Å². The van der Waals surface area contributed by atoms with E-state index in [4.69, 9.17) is 10.5 Å². The molecule has 0 bridgehead atoms. The van der Waals surface area contributed by atoms with E-state index in [1.165, 1.54) is 6.07 Å². The number of aromatic amines is 1. The van der Waals surface area contributed by atoms with E-state index in [-0.39, 0.29) is 30.0 Å². The lowest BCUT2D eigenvalue weighted by Crippen LogP contribution is -2.42. The van der Waals surface area contributed by atoms with E-state index >= 15 is 0 Å². The van der Waals surface area contributed by atoms with Crippen LogP contribution in [0.15, 0.2) is 23.0 Å². The maximum Gasteiger partial charge on any atom is 0.248 e. The number of halogens is 1. The highest BCUT2D eigenvalue weighted by atomic mass is 35.5. The molecule has 0 saturated carbocycles. The minimum atomic E-state index is -0.531. The van der Waals surface area contributed by atoms with Gasteiger partial charge in [0.2, 0.25) is 11.5 Å². The molecule has 0 fully saturated rings. The Morgan fingerprint density at radius 1 is 1.52 bits per heavy atom. The molecule has 2 atom stereocenters. The third kappa shape index (κ3) is 3.33. The van der Waals surface area contributed by atoms with Gasteiger partial charge in [-0.3, -0.25) is 9.59 Å². The topological polar surface area (TPSA) is 97.2 Å². The number of aromatic nitrogens is 1. The summed E-state index contributed by atoms with van der Waals surface area (Å²) in [6.45, 7) is 4.02. The van der Waals surface area contributed by atoms with Crippen molar-refractivity contribution >= 4 is 29.2 Å². The van der Waals surface area contributed by atoms with Crippen LogP contribution in [0.2, 0.25) is 0 Å². The second-order valence-corrected chi connectivity index (χ2v) is 5.77. The number of ether oxygens (including phenoxy) is 1. The van der Waals surface area contributed by atoms with Crippen molar-refractivity contribution in [3.8, 4) is 5.75 Å². The van der Waals surface area contributed by atoms with E-state index in [0.29, 0.717) is 6.54 Å². The molecule has 0 spiro atoms. The molecule has 3 rings (SSSR count). The molecule has 1 aromatic heterocycles. The minimum Gasteiger partial charge on any atom is -0.487 e. The van der Waals surface area contributed by atoms with Gasteiger partial charge in [0.1, 0.15) is 11.9 Å². The van der Waals surface area contributed by atoms with Gasteiger partial charge in [-0.15, -0.1) is 12.4 Å². The molecule has 1 unspecified atom stereocenters. The molecule has 0 aliphatic carbocycles. The lowest BCUT2D eigenvalue weighted by molar-refractivity contribution is -0.122. The van der Waals surface area contributed by atoms with E-state index in [2.05, 4.69) is 10.3 Å². The van der Waals surface area contributed by atoms with Crippen LogP contribution in [0.1, 0.15) is 18.1 Å². The fourth-order valence-electron chi connectivity index (χ4n) is 2.78.